The zero-order valence-electron chi connectivity index (χ0n) is 11.2. The summed E-state index contributed by atoms with van der Waals surface area (Å²) in [6, 6.07) is 7.39. The fourth-order valence-corrected chi connectivity index (χ4v) is 1.98. The van der Waals surface area contributed by atoms with Crippen LogP contribution in [0.25, 0.3) is 0 Å². The van der Waals surface area contributed by atoms with Crippen LogP contribution in [0.1, 0.15) is 18.9 Å². The summed E-state index contributed by atoms with van der Waals surface area (Å²) in [5.41, 5.74) is 0.171. The lowest BCUT2D eigenvalue weighted by Crippen LogP contribution is -2.40. The van der Waals surface area contributed by atoms with Crippen LogP contribution < -0.4 is 5.32 Å². The van der Waals surface area contributed by atoms with Gasteiger partial charge in [0.2, 0.25) is 5.60 Å². The van der Waals surface area contributed by atoms with E-state index in [2.05, 4.69) is 20.2 Å². The minimum absolute atomic E-state index is 0.280. The molecule has 0 aliphatic carbocycles. The Morgan fingerprint density at radius 3 is 2.76 bits per heavy atom. The van der Waals surface area contributed by atoms with Gasteiger partial charge in [0.15, 0.2) is 5.82 Å². The number of hydrogen-bond donors (Lipinski definition) is 1. The van der Waals surface area contributed by atoms with Crippen molar-refractivity contribution in [2.75, 3.05) is 5.32 Å². The maximum atomic E-state index is 12.9. The molecular formula is C14H12FN3O3. The minimum atomic E-state index is -1.14. The van der Waals surface area contributed by atoms with Gasteiger partial charge in [-0.05, 0) is 24.6 Å². The highest BCUT2D eigenvalue weighted by molar-refractivity contribution is 6.07. The predicted molar refractivity (Wildman–Crippen MR) is 72.2 cm³/mol. The van der Waals surface area contributed by atoms with Crippen LogP contribution in [0.3, 0.4) is 0 Å². The largest absolute Gasteiger partial charge is 0.379 e. The van der Waals surface area contributed by atoms with E-state index in [0.29, 0.717) is 11.5 Å². The molecule has 21 heavy (non-hydrogen) atoms. The molecular weight excluding hydrogens is 277 g/mol. The first-order valence-electron chi connectivity index (χ1n) is 6.30. The molecule has 1 N–H and O–H groups in total. The third kappa shape index (κ3) is 2.62. The lowest BCUT2D eigenvalue weighted by Gasteiger charge is -2.19. The number of benzene rings is 1. The molecule has 6 nitrogen and oxygen atoms in total. The maximum absolute atomic E-state index is 12.9. The Morgan fingerprint density at radius 1 is 1.33 bits per heavy atom. The average Bonchev–Trinajstić information content (AvgIpc) is 3.10. The van der Waals surface area contributed by atoms with Crippen LogP contribution >= 0.6 is 0 Å². The van der Waals surface area contributed by atoms with Crippen molar-refractivity contribution in [2.45, 2.75) is 18.9 Å². The van der Waals surface area contributed by atoms with Gasteiger partial charge in [-0.15, -0.1) is 0 Å². The molecule has 1 aromatic heterocycles. The lowest BCUT2D eigenvalue weighted by molar-refractivity contribution is -0.136. The molecule has 0 unspecified atom stereocenters. The number of aromatic nitrogens is 1. The zero-order valence-corrected chi connectivity index (χ0v) is 11.2. The molecule has 0 spiro atoms. The third-order valence-electron chi connectivity index (χ3n) is 3.20. The molecule has 1 aliphatic rings. The maximum Gasteiger partial charge on any atom is 0.272 e. The number of hydrogen-bond acceptors (Lipinski definition) is 5. The highest BCUT2D eigenvalue weighted by Crippen LogP contribution is 2.28. The second-order valence-electron chi connectivity index (χ2n) is 4.88. The Morgan fingerprint density at radius 2 is 2.10 bits per heavy atom. The normalized spacial score (nSPS) is 20.8. The van der Waals surface area contributed by atoms with Crippen molar-refractivity contribution in [3.8, 4) is 0 Å². The highest BCUT2D eigenvalue weighted by Gasteiger charge is 2.42. The summed E-state index contributed by atoms with van der Waals surface area (Å²) in [6.45, 7) is 1.63. The van der Waals surface area contributed by atoms with Crippen LogP contribution in [0.2, 0.25) is 0 Å². The molecule has 1 aliphatic heterocycles. The molecule has 0 saturated carbocycles. The smallest absolute Gasteiger partial charge is 0.272 e. The summed E-state index contributed by atoms with van der Waals surface area (Å²) in [4.78, 5) is 17.5. The molecule has 1 amide bonds. The number of halogens is 1. The minimum Gasteiger partial charge on any atom is -0.379 e. The van der Waals surface area contributed by atoms with Crippen molar-refractivity contribution < 1.29 is 18.5 Å². The fraction of sp³-hybridized carbons (Fsp3) is 0.214. The van der Waals surface area contributed by atoms with Gasteiger partial charge in [-0.25, -0.2) is 4.39 Å². The van der Waals surface area contributed by atoms with E-state index in [1.807, 2.05) is 0 Å². The van der Waals surface area contributed by atoms with E-state index in [-0.39, 0.29) is 18.1 Å². The number of rotatable bonds is 3. The van der Waals surface area contributed by atoms with E-state index < -0.39 is 5.60 Å². The molecule has 2 heterocycles. The van der Waals surface area contributed by atoms with Crippen molar-refractivity contribution >= 4 is 17.4 Å². The van der Waals surface area contributed by atoms with Gasteiger partial charge in [-0.1, -0.05) is 22.4 Å². The van der Waals surface area contributed by atoms with Crippen LogP contribution in [-0.2, 0) is 9.63 Å². The molecule has 108 valence electrons. The summed E-state index contributed by atoms with van der Waals surface area (Å²) in [7, 11) is 0. The average molecular weight is 289 g/mol. The Labute approximate surface area is 119 Å². The number of oxime groups is 1. The second kappa shape index (κ2) is 5.01. The molecule has 0 saturated heterocycles. The van der Waals surface area contributed by atoms with Crippen LogP contribution in [-0.4, -0.2) is 22.4 Å². The molecule has 0 bridgehead atoms. The van der Waals surface area contributed by atoms with Crippen molar-refractivity contribution in [3.05, 3.63) is 48.0 Å². The second-order valence-corrected chi connectivity index (χ2v) is 4.88. The van der Waals surface area contributed by atoms with Crippen molar-refractivity contribution in [1.82, 2.24) is 5.16 Å². The SMILES string of the molecule is C[C@@]1(C(=O)Nc2ccon2)CC(c2ccc(F)cc2)=NO1. The number of nitrogens with zero attached hydrogens (tertiary/aromatic N) is 2. The molecule has 3 rings (SSSR count). The molecule has 0 radical (unpaired) electrons. The molecule has 0 fully saturated rings. The van der Waals surface area contributed by atoms with E-state index in [4.69, 9.17) is 4.84 Å². The van der Waals surface area contributed by atoms with Crippen LogP contribution in [0.15, 0.2) is 46.3 Å². The summed E-state index contributed by atoms with van der Waals surface area (Å²) in [5, 5.41) is 10.1. The van der Waals surface area contributed by atoms with Gasteiger partial charge < -0.3 is 14.7 Å². The Hall–Kier alpha value is -2.70. The van der Waals surface area contributed by atoms with Gasteiger partial charge in [0.25, 0.3) is 5.91 Å². The van der Waals surface area contributed by atoms with Crippen molar-refractivity contribution in [2.24, 2.45) is 5.16 Å². The van der Waals surface area contributed by atoms with E-state index in [0.717, 1.165) is 5.56 Å². The Kier molecular flexibility index (Phi) is 3.17. The molecule has 1 atom stereocenters. The van der Waals surface area contributed by atoms with Crippen LogP contribution in [0, 0.1) is 5.82 Å². The van der Waals surface area contributed by atoms with E-state index in [1.165, 1.54) is 24.5 Å². The molecule has 1 aromatic carbocycles. The summed E-state index contributed by atoms with van der Waals surface area (Å²) >= 11 is 0. The first kappa shape index (κ1) is 13.3. The predicted octanol–water partition coefficient (Wildman–Crippen LogP) is 2.34. The number of nitrogens with one attached hydrogen (secondary N) is 1. The van der Waals surface area contributed by atoms with Gasteiger partial charge in [0.1, 0.15) is 12.1 Å². The fourth-order valence-electron chi connectivity index (χ4n) is 1.98. The number of anilines is 1. The van der Waals surface area contributed by atoms with E-state index in [1.54, 1.807) is 19.1 Å². The first-order valence-corrected chi connectivity index (χ1v) is 6.30. The molecule has 7 heteroatoms. The quantitative estimate of drug-likeness (QED) is 0.940. The third-order valence-corrected chi connectivity index (χ3v) is 3.20. The number of carbonyl (C=O) groups excluding carboxylic acids is 1. The van der Waals surface area contributed by atoms with E-state index >= 15 is 0 Å². The number of carbonyl (C=O) groups is 1. The monoisotopic (exact) mass is 289 g/mol. The summed E-state index contributed by atoms with van der Waals surface area (Å²) in [6.07, 6.45) is 1.64. The van der Waals surface area contributed by atoms with Gasteiger partial charge in [-0.3, -0.25) is 4.79 Å². The Bertz CT molecular complexity index is 682. The summed E-state index contributed by atoms with van der Waals surface area (Å²) in [5.74, 6) is -0.401. The van der Waals surface area contributed by atoms with E-state index in [9.17, 15) is 9.18 Å². The standard InChI is InChI=1S/C14H12FN3O3/c1-14(13(19)16-12-6-7-20-18-12)8-11(17-21-14)9-2-4-10(15)5-3-9/h2-7H,8H2,1H3,(H,16,18,19)/t14-/m0/s1. The Balaban J connectivity index is 1.71. The zero-order chi connectivity index (χ0) is 14.9. The first-order chi connectivity index (χ1) is 10.1. The lowest BCUT2D eigenvalue weighted by atomic mass is 9.95. The summed E-state index contributed by atoms with van der Waals surface area (Å²) < 4.78 is 17.6. The number of amides is 1. The van der Waals surface area contributed by atoms with Crippen molar-refractivity contribution in [3.63, 3.8) is 0 Å². The highest BCUT2D eigenvalue weighted by atomic mass is 19.1. The van der Waals surface area contributed by atoms with Crippen LogP contribution in [0.5, 0.6) is 0 Å². The van der Waals surface area contributed by atoms with Gasteiger partial charge in [0.05, 0.1) is 5.71 Å². The van der Waals surface area contributed by atoms with Gasteiger partial charge >= 0.3 is 0 Å². The van der Waals surface area contributed by atoms with Crippen LogP contribution in [0.4, 0.5) is 10.2 Å². The van der Waals surface area contributed by atoms with Gasteiger partial charge in [-0.2, -0.15) is 0 Å². The molecule has 2 aromatic rings. The topological polar surface area (TPSA) is 76.7 Å². The van der Waals surface area contributed by atoms with Gasteiger partial charge in [0, 0.05) is 12.5 Å². The van der Waals surface area contributed by atoms with Crippen molar-refractivity contribution in [1.29, 1.82) is 0 Å².